The molecule has 0 fully saturated rings. The molecule has 0 aliphatic rings. The van der Waals surface area contributed by atoms with Crippen LogP contribution in [-0.2, 0) is 20.0 Å². The number of benzene rings is 3. The Morgan fingerprint density at radius 2 is 1.74 bits per heavy atom. The molecule has 0 atom stereocenters. The number of carboxylic acid groups (broad SMARTS) is 1. The molecule has 35 heavy (non-hydrogen) atoms. The summed E-state index contributed by atoms with van der Waals surface area (Å²) in [7, 11) is 1.75. The van der Waals surface area contributed by atoms with Crippen molar-refractivity contribution < 1.29 is 9.90 Å². The molecule has 2 aromatic heterocycles. The third-order valence-corrected chi connectivity index (χ3v) is 6.11. The van der Waals surface area contributed by atoms with E-state index in [0.717, 1.165) is 52.9 Å². The fraction of sp³-hybridized carbons (Fsp3) is 0.222. The zero-order chi connectivity index (χ0) is 24.4. The van der Waals surface area contributed by atoms with Crippen LogP contribution in [0, 0.1) is 0 Å². The lowest BCUT2D eigenvalue weighted by atomic mass is 9.98. The molecular weight excluding hydrogens is 440 g/mol. The van der Waals surface area contributed by atoms with E-state index >= 15 is 0 Å². The summed E-state index contributed by atoms with van der Waals surface area (Å²) in [6.07, 6.45) is 2.85. The molecule has 176 valence electrons. The maximum absolute atomic E-state index is 11.9. The van der Waals surface area contributed by atoms with E-state index in [4.69, 9.17) is 4.98 Å². The zero-order valence-corrected chi connectivity index (χ0v) is 19.7. The van der Waals surface area contributed by atoms with Gasteiger partial charge in [-0.25, -0.2) is 9.78 Å². The predicted molar refractivity (Wildman–Crippen MR) is 134 cm³/mol. The van der Waals surface area contributed by atoms with Gasteiger partial charge in [0.15, 0.2) is 0 Å². The number of fused-ring (bicyclic) bond motifs is 1. The average molecular weight is 467 g/mol. The van der Waals surface area contributed by atoms with Crippen molar-refractivity contribution in [1.29, 1.82) is 0 Å². The number of carboxylic acids is 1. The third-order valence-electron chi connectivity index (χ3n) is 6.11. The molecule has 5 rings (SSSR count). The van der Waals surface area contributed by atoms with Crippen LogP contribution in [0.4, 0.5) is 0 Å². The molecule has 0 aliphatic carbocycles. The Hall–Kier alpha value is -4.33. The molecule has 0 spiro atoms. The maximum atomic E-state index is 11.9. The van der Waals surface area contributed by atoms with Gasteiger partial charge in [0.25, 0.3) is 0 Å². The van der Waals surface area contributed by atoms with Crippen molar-refractivity contribution in [3.8, 4) is 22.5 Å². The number of rotatable bonds is 8. The number of unbranched alkanes of at least 4 members (excludes halogenated alkanes) is 1. The largest absolute Gasteiger partial charge is 0.478 e. The van der Waals surface area contributed by atoms with E-state index in [1.54, 1.807) is 19.2 Å². The van der Waals surface area contributed by atoms with Crippen LogP contribution in [0.25, 0.3) is 33.5 Å². The zero-order valence-electron chi connectivity index (χ0n) is 19.7. The van der Waals surface area contributed by atoms with Crippen LogP contribution >= 0.6 is 0 Å². The molecular formula is C27H26N6O2. The highest BCUT2D eigenvalue weighted by Gasteiger charge is 2.18. The van der Waals surface area contributed by atoms with Gasteiger partial charge in [0.2, 0.25) is 5.82 Å². The number of hydrogen-bond donors (Lipinski definition) is 1. The molecule has 2 heterocycles. The lowest BCUT2D eigenvalue weighted by Gasteiger charge is -2.12. The molecule has 0 aliphatic heterocycles. The molecule has 8 heteroatoms. The van der Waals surface area contributed by atoms with E-state index in [1.807, 2.05) is 30.3 Å². The van der Waals surface area contributed by atoms with Crippen LogP contribution in [0.1, 0.15) is 41.5 Å². The highest BCUT2D eigenvalue weighted by molar-refractivity contribution is 6.01. The Morgan fingerprint density at radius 3 is 2.43 bits per heavy atom. The first-order valence-electron chi connectivity index (χ1n) is 11.7. The van der Waals surface area contributed by atoms with Gasteiger partial charge >= 0.3 is 5.97 Å². The topological polar surface area (TPSA) is 98.7 Å². The first kappa shape index (κ1) is 22.5. The van der Waals surface area contributed by atoms with Crippen LogP contribution in [0.15, 0.2) is 66.7 Å². The number of nitrogens with zero attached hydrogens (tertiary/aromatic N) is 6. The smallest absolute Gasteiger partial charge is 0.337 e. The Balaban J connectivity index is 1.51. The average Bonchev–Trinajstić information content (AvgIpc) is 3.46. The van der Waals surface area contributed by atoms with Gasteiger partial charge in [-0.15, -0.1) is 10.2 Å². The van der Waals surface area contributed by atoms with Crippen molar-refractivity contribution in [2.24, 2.45) is 7.05 Å². The predicted octanol–water partition coefficient (Wildman–Crippen LogP) is 4.98. The summed E-state index contributed by atoms with van der Waals surface area (Å²) in [5, 5.41) is 22.3. The Morgan fingerprint density at radius 1 is 0.971 bits per heavy atom. The molecule has 0 saturated heterocycles. The van der Waals surface area contributed by atoms with Crippen LogP contribution in [-0.4, -0.2) is 40.8 Å². The van der Waals surface area contributed by atoms with Crippen LogP contribution < -0.4 is 0 Å². The Bertz CT molecular complexity index is 1500. The number of aromatic carboxylic acids is 1. The number of imidazole rings is 1. The van der Waals surface area contributed by atoms with Gasteiger partial charge < -0.3 is 9.67 Å². The highest BCUT2D eigenvalue weighted by Crippen LogP contribution is 2.30. The van der Waals surface area contributed by atoms with Gasteiger partial charge in [-0.05, 0) is 40.5 Å². The highest BCUT2D eigenvalue weighted by atomic mass is 16.4. The Labute approximate surface area is 202 Å². The molecule has 3 aromatic carbocycles. The molecule has 0 amide bonds. The standard InChI is InChI=1S/C27H26N6O2/c1-3-4-12-24-28-23-11-7-10-22(27(34)35)25(23)33(24)17-18-13-15-19(16-14-18)20-8-5-6-9-21(20)26-29-31-32(2)30-26/h5-11,13-16H,3-4,12,17H2,1-2H3,(H,34,35). The second kappa shape index (κ2) is 9.50. The van der Waals surface area contributed by atoms with Gasteiger partial charge in [-0.1, -0.05) is 67.9 Å². The first-order valence-corrected chi connectivity index (χ1v) is 11.7. The number of aryl methyl sites for hydroxylation is 2. The molecule has 8 nitrogen and oxygen atoms in total. The molecule has 5 aromatic rings. The summed E-state index contributed by atoms with van der Waals surface area (Å²) < 4.78 is 2.06. The van der Waals surface area contributed by atoms with E-state index < -0.39 is 5.97 Å². The summed E-state index contributed by atoms with van der Waals surface area (Å²) in [5.74, 6) is 0.556. The van der Waals surface area contributed by atoms with Crippen molar-refractivity contribution in [3.05, 3.63) is 83.7 Å². The van der Waals surface area contributed by atoms with Crippen LogP contribution in [0.5, 0.6) is 0 Å². The van der Waals surface area contributed by atoms with Gasteiger partial charge in [0.05, 0.1) is 23.6 Å². The molecule has 0 unspecified atom stereocenters. The normalized spacial score (nSPS) is 11.3. The quantitative estimate of drug-likeness (QED) is 0.346. The van der Waals surface area contributed by atoms with Crippen LogP contribution in [0.2, 0.25) is 0 Å². The van der Waals surface area contributed by atoms with Crippen molar-refractivity contribution in [2.75, 3.05) is 0 Å². The SMILES string of the molecule is CCCCc1nc2cccc(C(=O)O)c2n1Cc1ccc(-c2ccccc2-c2nnn(C)n2)cc1. The Kier molecular flexibility index (Phi) is 6.10. The second-order valence-corrected chi connectivity index (χ2v) is 8.54. The number of aromatic nitrogens is 6. The summed E-state index contributed by atoms with van der Waals surface area (Å²) in [5.41, 5.74) is 5.73. The van der Waals surface area contributed by atoms with Crippen molar-refractivity contribution in [1.82, 2.24) is 29.8 Å². The van der Waals surface area contributed by atoms with Gasteiger partial charge in [-0.3, -0.25) is 0 Å². The van der Waals surface area contributed by atoms with E-state index in [2.05, 4.69) is 51.2 Å². The minimum absolute atomic E-state index is 0.278. The molecule has 0 saturated carbocycles. The summed E-state index contributed by atoms with van der Waals surface area (Å²) in [6, 6.07) is 21.6. The van der Waals surface area contributed by atoms with Gasteiger partial charge in [0.1, 0.15) is 5.82 Å². The third kappa shape index (κ3) is 4.42. The van der Waals surface area contributed by atoms with E-state index in [1.165, 1.54) is 4.80 Å². The summed E-state index contributed by atoms with van der Waals surface area (Å²) >= 11 is 0. The summed E-state index contributed by atoms with van der Waals surface area (Å²) in [4.78, 5) is 18.2. The fourth-order valence-electron chi connectivity index (χ4n) is 4.40. The van der Waals surface area contributed by atoms with E-state index in [-0.39, 0.29) is 5.56 Å². The van der Waals surface area contributed by atoms with Crippen molar-refractivity contribution in [2.45, 2.75) is 32.7 Å². The van der Waals surface area contributed by atoms with E-state index in [9.17, 15) is 9.90 Å². The van der Waals surface area contributed by atoms with Crippen LogP contribution in [0.3, 0.4) is 0 Å². The first-order chi connectivity index (χ1) is 17.0. The molecule has 1 N–H and O–H groups in total. The number of para-hydroxylation sites is 1. The molecule has 0 bridgehead atoms. The minimum Gasteiger partial charge on any atom is -0.478 e. The van der Waals surface area contributed by atoms with Crippen molar-refractivity contribution >= 4 is 17.0 Å². The van der Waals surface area contributed by atoms with Gasteiger partial charge in [-0.2, -0.15) is 4.80 Å². The lowest BCUT2D eigenvalue weighted by molar-refractivity contribution is 0.0698. The molecule has 0 radical (unpaired) electrons. The second-order valence-electron chi connectivity index (χ2n) is 8.54. The van der Waals surface area contributed by atoms with Crippen molar-refractivity contribution in [3.63, 3.8) is 0 Å². The number of hydrogen-bond acceptors (Lipinski definition) is 5. The van der Waals surface area contributed by atoms with Gasteiger partial charge in [0, 0.05) is 18.5 Å². The summed E-state index contributed by atoms with van der Waals surface area (Å²) in [6.45, 7) is 2.69. The minimum atomic E-state index is -0.941. The number of tetrazole rings is 1. The maximum Gasteiger partial charge on any atom is 0.337 e. The monoisotopic (exact) mass is 466 g/mol. The fourth-order valence-corrected chi connectivity index (χ4v) is 4.40. The lowest BCUT2D eigenvalue weighted by Crippen LogP contribution is -2.08. The van der Waals surface area contributed by atoms with E-state index in [0.29, 0.717) is 17.9 Å². The number of carbonyl (C=O) groups is 1.